The molecule has 1 nitrogen and oxygen atoms in total. The van der Waals surface area contributed by atoms with Gasteiger partial charge in [0.1, 0.15) is 0 Å². The highest BCUT2D eigenvalue weighted by Crippen LogP contribution is 2.16. The maximum atomic E-state index is 3.42. The summed E-state index contributed by atoms with van der Waals surface area (Å²) < 4.78 is 0. The van der Waals surface area contributed by atoms with Crippen molar-refractivity contribution in [2.45, 2.75) is 46.6 Å². The minimum atomic E-state index is 0.650. The molecule has 1 aliphatic rings. The zero-order valence-electron chi connectivity index (χ0n) is 9.93. The van der Waals surface area contributed by atoms with E-state index in [1.807, 2.05) is 0 Å². The normalized spacial score (nSPS) is 23.9. The average Bonchev–Trinajstić information content (AvgIpc) is 2.01. The molecule has 1 heterocycles. The molecule has 1 unspecified atom stereocenters. The molecule has 1 atom stereocenters. The zero-order valence-corrected chi connectivity index (χ0v) is 9.93. The summed E-state index contributed by atoms with van der Waals surface area (Å²) in [5.41, 5.74) is 3.02. The van der Waals surface area contributed by atoms with Crippen molar-refractivity contribution in [1.29, 1.82) is 0 Å². The van der Waals surface area contributed by atoms with Gasteiger partial charge >= 0.3 is 0 Å². The summed E-state index contributed by atoms with van der Waals surface area (Å²) in [4.78, 5) is 0. The summed E-state index contributed by atoms with van der Waals surface area (Å²) in [5.74, 6) is 0.679. The Morgan fingerprint density at radius 3 is 2.43 bits per heavy atom. The first kappa shape index (κ1) is 11.5. The van der Waals surface area contributed by atoms with Gasteiger partial charge in [0, 0.05) is 6.04 Å². The SMILES string of the molecule is CC/C(=C\C=C(/C)C1CCN1)C(C)C. The number of hydrogen-bond donors (Lipinski definition) is 1. The minimum absolute atomic E-state index is 0.650. The van der Waals surface area contributed by atoms with Gasteiger partial charge in [0.15, 0.2) is 0 Å². The minimum Gasteiger partial charge on any atom is -0.310 e. The van der Waals surface area contributed by atoms with Gasteiger partial charge in [0.2, 0.25) is 0 Å². The number of hydrogen-bond acceptors (Lipinski definition) is 1. The second-order valence-corrected chi connectivity index (χ2v) is 4.46. The molecule has 1 rings (SSSR count). The Morgan fingerprint density at radius 2 is 2.07 bits per heavy atom. The van der Waals surface area contributed by atoms with Gasteiger partial charge in [-0.2, -0.15) is 0 Å². The Labute approximate surface area is 88.3 Å². The predicted octanol–water partition coefficient (Wildman–Crippen LogP) is 3.29. The summed E-state index contributed by atoms with van der Waals surface area (Å²) in [6.07, 6.45) is 7.06. The van der Waals surface area contributed by atoms with E-state index in [0.29, 0.717) is 12.0 Å². The summed E-state index contributed by atoms with van der Waals surface area (Å²) in [7, 11) is 0. The van der Waals surface area contributed by atoms with Crippen LogP contribution in [0.3, 0.4) is 0 Å². The van der Waals surface area contributed by atoms with Gasteiger partial charge in [-0.05, 0) is 32.2 Å². The Kier molecular flexibility index (Phi) is 4.40. The first-order valence-electron chi connectivity index (χ1n) is 5.75. The van der Waals surface area contributed by atoms with Crippen LogP contribution in [0.15, 0.2) is 23.3 Å². The molecule has 14 heavy (non-hydrogen) atoms. The molecule has 0 bridgehead atoms. The third-order valence-electron chi connectivity index (χ3n) is 3.08. The van der Waals surface area contributed by atoms with Crippen molar-refractivity contribution in [1.82, 2.24) is 5.32 Å². The Morgan fingerprint density at radius 1 is 1.43 bits per heavy atom. The quantitative estimate of drug-likeness (QED) is 0.676. The molecule has 0 aliphatic carbocycles. The van der Waals surface area contributed by atoms with Crippen molar-refractivity contribution in [3.63, 3.8) is 0 Å². The summed E-state index contributed by atoms with van der Waals surface area (Å²) in [5, 5.41) is 3.42. The maximum Gasteiger partial charge on any atom is 0.0291 e. The van der Waals surface area contributed by atoms with Gasteiger partial charge in [-0.25, -0.2) is 0 Å². The van der Waals surface area contributed by atoms with E-state index in [4.69, 9.17) is 0 Å². The van der Waals surface area contributed by atoms with Crippen molar-refractivity contribution < 1.29 is 0 Å². The molecule has 1 aliphatic heterocycles. The molecule has 0 aromatic rings. The smallest absolute Gasteiger partial charge is 0.0291 e. The van der Waals surface area contributed by atoms with Gasteiger partial charge in [-0.3, -0.25) is 0 Å². The molecule has 0 aromatic carbocycles. The molecule has 1 N–H and O–H groups in total. The Balaban J connectivity index is 2.56. The van der Waals surface area contributed by atoms with Gasteiger partial charge in [0.25, 0.3) is 0 Å². The highest BCUT2D eigenvalue weighted by Gasteiger charge is 2.16. The van der Waals surface area contributed by atoms with Gasteiger partial charge in [-0.15, -0.1) is 0 Å². The Bertz CT molecular complexity index is 232. The fourth-order valence-corrected chi connectivity index (χ4v) is 1.75. The fourth-order valence-electron chi connectivity index (χ4n) is 1.75. The van der Waals surface area contributed by atoms with Crippen molar-refractivity contribution in [3.05, 3.63) is 23.3 Å². The summed E-state index contributed by atoms with van der Waals surface area (Å²) in [6, 6.07) is 0.650. The molecule has 0 aromatic heterocycles. The van der Waals surface area contributed by atoms with Crippen molar-refractivity contribution in [3.8, 4) is 0 Å². The maximum absolute atomic E-state index is 3.42. The third-order valence-corrected chi connectivity index (χ3v) is 3.08. The molecule has 0 saturated carbocycles. The van der Waals surface area contributed by atoms with Crippen LogP contribution in [0.1, 0.15) is 40.5 Å². The molecule has 0 radical (unpaired) electrons. The van der Waals surface area contributed by atoms with Crippen LogP contribution in [-0.2, 0) is 0 Å². The lowest BCUT2D eigenvalue weighted by Gasteiger charge is -2.28. The number of nitrogens with one attached hydrogen (secondary N) is 1. The van der Waals surface area contributed by atoms with E-state index in [1.165, 1.54) is 25.0 Å². The first-order valence-corrected chi connectivity index (χ1v) is 5.75. The predicted molar refractivity (Wildman–Crippen MR) is 63.4 cm³/mol. The van der Waals surface area contributed by atoms with Crippen LogP contribution >= 0.6 is 0 Å². The lowest BCUT2D eigenvalue weighted by molar-refractivity contribution is 0.418. The van der Waals surface area contributed by atoms with Gasteiger partial charge < -0.3 is 5.32 Å². The largest absolute Gasteiger partial charge is 0.310 e. The standard InChI is InChI=1S/C13H23N/c1-5-12(10(2)3)7-6-11(4)13-8-9-14-13/h6-7,10,13-14H,5,8-9H2,1-4H3/b11-6+,12-7+. The van der Waals surface area contributed by atoms with Crippen LogP contribution in [0, 0.1) is 5.92 Å². The van der Waals surface area contributed by atoms with Crippen LogP contribution in [0.25, 0.3) is 0 Å². The second kappa shape index (κ2) is 5.35. The van der Waals surface area contributed by atoms with E-state index in [9.17, 15) is 0 Å². The van der Waals surface area contributed by atoms with E-state index in [-0.39, 0.29) is 0 Å². The van der Waals surface area contributed by atoms with Crippen LogP contribution in [0.5, 0.6) is 0 Å². The first-order chi connectivity index (χ1) is 6.65. The van der Waals surface area contributed by atoms with E-state index >= 15 is 0 Å². The molecule has 0 amide bonds. The Hall–Kier alpha value is -0.560. The summed E-state index contributed by atoms with van der Waals surface area (Å²) >= 11 is 0. The summed E-state index contributed by atoms with van der Waals surface area (Å²) in [6.45, 7) is 10.2. The lowest BCUT2D eigenvalue weighted by Crippen LogP contribution is -2.43. The average molecular weight is 193 g/mol. The monoisotopic (exact) mass is 193 g/mol. The van der Waals surface area contributed by atoms with E-state index in [1.54, 1.807) is 5.57 Å². The molecule has 1 heteroatoms. The zero-order chi connectivity index (χ0) is 10.6. The third kappa shape index (κ3) is 2.98. The molecular formula is C13H23N. The topological polar surface area (TPSA) is 12.0 Å². The van der Waals surface area contributed by atoms with Crippen molar-refractivity contribution in [2.24, 2.45) is 5.92 Å². The van der Waals surface area contributed by atoms with Crippen molar-refractivity contribution >= 4 is 0 Å². The number of rotatable bonds is 4. The molecule has 1 saturated heterocycles. The number of allylic oxidation sites excluding steroid dienone is 3. The van der Waals surface area contributed by atoms with Crippen molar-refractivity contribution in [2.75, 3.05) is 6.54 Å². The van der Waals surface area contributed by atoms with E-state index in [0.717, 1.165) is 0 Å². The highest BCUT2D eigenvalue weighted by atomic mass is 15.0. The van der Waals surface area contributed by atoms with Crippen LogP contribution in [-0.4, -0.2) is 12.6 Å². The lowest BCUT2D eigenvalue weighted by atomic mass is 9.96. The fraction of sp³-hybridized carbons (Fsp3) is 0.692. The molecule has 80 valence electrons. The molecular weight excluding hydrogens is 170 g/mol. The van der Waals surface area contributed by atoms with Gasteiger partial charge in [0.05, 0.1) is 0 Å². The van der Waals surface area contributed by atoms with Crippen LogP contribution in [0.4, 0.5) is 0 Å². The molecule has 1 fully saturated rings. The molecule has 0 spiro atoms. The van der Waals surface area contributed by atoms with Crippen LogP contribution < -0.4 is 5.32 Å². The van der Waals surface area contributed by atoms with Gasteiger partial charge in [-0.1, -0.05) is 44.1 Å². The van der Waals surface area contributed by atoms with E-state index < -0.39 is 0 Å². The van der Waals surface area contributed by atoms with E-state index in [2.05, 4.69) is 45.2 Å². The second-order valence-electron chi connectivity index (χ2n) is 4.46. The highest BCUT2D eigenvalue weighted by molar-refractivity contribution is 5.22. The van der Waals surface area contributed by atoms with Crippen LogP contribution in [0.2, 0.25) is 0 Å².